The van der Waals surface area contributed by atoms with E-state index in [9.17, 15) is 0 Å². The van der Waals surface area contributed by atoms with E-state index in [-0.39, 0.29) is 0 Å². The van der Waals surface area contributed by atoms with E-state index in [1.165, 1.54) is 44.3 Å². The number of hydrogen-bond acceptors (Lipinski definition) is 1. The molecule has 0 saturated heterocycles. The summed E-state index contributed by atoms with van der Waals surface area (Å²) in [5.74, 6) is 1.26. The van der Waals surface area contributed by atoms with Gasteiger partial charge in [-0.05, 0) is 12.8 Å². The monoisotopic (exact) mass is 208 g/mol. The molecule has 86 valence electrons. The normalized spacial score (nSPS) is 10.8. The highest BCUT2D eigenvalue weighted by Gasteiger charge is 2.00. The Balaban J connectivity index is 2.21. The Hall–Kier alpha value is -0.790. The van der Waals surface area contributed by atoms with Crippen LogP contribution in [0, 0.1) is 0 Å². The molecule has 1 aromatic heterocycles. The van der Waals surface area contributed by atoms with Crippen LogP contribution in [0.1, 0.15) is 58.2 Å². The Labute approximate surface area is 93.7 Å². The fourth-order valence-electron chi connectivity index (χ4n) is 1.88. The van der Waals surface area contributed by atoms with Crippen molar-refractivity contribution in [3.05, 3.63) is 18.2 Å². The fraction of sp³-hybridized carbons (Fsp3) is 0.769. The molecule has 0 bridgehead atoms. The molecule has 0 aliphatic rings. The Morgan fingerprint density at radius 2 is 1.87 bits per heavy atom. The van der Waals surface area contributed by atoms with Crippen LogP contribution in [-0.2, 0) is 13.0 Å². The van der Waals surface area contributed by atoms with Crippen LogP contribution in [0.2, 0.25) is 0 Å². The van der Waals surface area contributed by atoms with Crippen molar-refractivity contribution in [1.82, 2.24) is 9.55 Å². The van der Waals surface area contributed by atoms with E-state index < -0.39 is 0 Å². The molecule has 0 spiro atoms. The second-order valence-electron chi connectivity index (χ2n) is 4.20. The minimum atomic E-state index is 1.11. The highest BCUT2D eigenvalue weighted by Crippen LogP contribution is 2.07. The van der Waals surface area contributed by atoms with Gasteiger partial charge in [0.1, 0.15) is 5.82 Å². The Bertz CT molecular complexity index is 253. The van der Waals surface area contributed by atoms with E-state index >= 15 is 0 Å². The maximum Gasteiger partial charge on any atom is 0.108 e. The average molecular weight is 208 g/mol. The number of aromatic nitrogens is 2. The van der Waals surface area contributed by atoms with Crippen LogP contribution < -0.4 is 0 Å². The van der Waals surface area contributed by atoms with Gasteiger partial charge in [-0.2, -0.15) is 0 Å². The van der Waals surface area contributed by atoms with Crippen molar-refractivity contribution < 1.29 is 0 Å². The van der Waals surface area contributed by atoms with E-state index in [1.807, 2.05) is 6.20 Å². The Morgan fingerprint density at radius 3 is 2.60 bits per heavy atom. The van der Waals surface area contributed by atoms with Crippen molar-refractivity contribution in [3.63, 3.8) is 0 Å². The van der Waals surface area contributed by atoms with Gasteiger partial charge < -0.3 is 4.57 Å². The van der Waals surface area contributed by atoms with Crippen LogP contribution in [0.5, 0.6) is 0 Å². The quantitative estimate of drug-likeness (QED) is 0.594. The van der Waals surface area contributed by atoms with Gasteiger partial charge in [0.2, 0.25) is 0 Å². The molecule has 0 unspecified atom stereocenters. The number of unbranched alkanes of at least 4 members (excludes halogenated alkanes) is 4. The summed E-state index contributed by atoms with van der Waals surface area (Å²) >= 11 is 0. The maximum absolute atomic E-state index is 4.38. The van der Waals surface area contributed by atoms with Crippen LogP contribution in [0.3, 0.4) is 0 Å². The molecule has 0 aliphatic carbocycles. The largest absolute Gasteiger partial charge is 0.335 e. The Kier molecular flexibility index (Phi) is 6.14. The maximum atomic E-state index is 4.38. The van der Waals surface area contributed by atoms with Gasteiger partial charge in [0, 0.05) is 25.4 Å². The lowest BCUT2D eigenvalue weighted by atomic mass is 10.1. The topological polar surface area (TPSA) is 17.8 Å². The lowest BCUT2D eigenvalue weighted by Crippen LogP contribution is -2.02. The van der Waals surface area contributed by atoms with Gasteiger partial charge in [-0.1, -0.05) is 39.5 Å². The second kappa shape index (κ2) is 7.49. The number of hydrogen-bond donors (Lipinski definition) is 0. The molecule has 0 radical (unpaired) electrons. The summed E-state index contributed by atoms with van der Waals surface area (Å²) in [5, 5.41) is 0. The van der Waals surface area contributed by atoms with E-state index in [0.29, 0.717) is 0 Å². The number of rotatable bonds is 8. The minimum absolute atomic E-state index is 1.11. The van der Waals surface area contributed by atoms with E-state index in [1.54, 1.807) is 0 Å². The van der Waals surface area contributed by atoms with Gasteiger partial charge in [-0.15, -0.1) is 0 Å². The van der Waals surface area contributed by atoms with Crippen molar-refractivity contribution in [3.8, 4) is 0 Å². The van der Waals surface area contributed by atoms with Gasteiger partial charge in [0.05, 0.1) is 0 Å². The highest BCUT2D eigenvalue weighted by atomic mass is 15.1. The summed E-state index contributed by atoms with van der Waals surface area (Å²) < 4.78 is 2.31. The highest BCUT2D eigenvalue weighted by molar-refractivity contribution is 4.92. The molecular formula is C13H24N2. The first-order valence-electron chi connectivity index (χ1n) is 6.38. The summed E-state index contributed by atoms with van der Waals surface area (Å²) in [6.07, 6.45) is 13.1. The molecule has 0 amide bonds. The molecule has 2 heteroatoms. The minimum Gasteiger partial charge on any atom is -0.335 e. The van der Waals surface area contributed by atoms with Gasteiger partial charge in [0.15, 0.2) is 0 Å². The Morgan fingerprint density at radius 1 is 1.07 bits per heavy atom. The number of aryl methyl sites for hydroxylation is 2. The number of nitrogens with zero attached hydrogens (tertiary/aromatic N) is 2. The van der Waals surface area contributed by atoms with Crippen molar-refractivity contribution in [2.24, 2.45) is 0 Å². The lowest BCUT2D eigenvalue weighted by molar-refractivity contribution is 0.552. The third kappa shape index (κ3) is 4.50. The van der Waals surface area contributed by atoms with Crippen molar-refractivity contribution in [1.29, 1.82) is 0 Å². The molecule has 15 heavy (non-hydrogen) atoms. The van der Waals surface area contributed by atoms with E-state index in [2.05, 4.69) is 29.6 Å². The molecule has 0 fully saturated rings. The zero-order chi connectivity index (χ0) is 10.9. The summed E-state index contributed by atoms with van der Waals surface area (Å²) in [6, 6.07) is 0. The summed E-state index contributed by atoms with van der Waals surface area (Å²) in [5.41, 5.74) is 0. The SMILES string of the molecule is CCCCCCCn1ccnc1CCC. The van der Waals surface area contributed by atoms with Crippen LogP contribution in [-0.4, -0.2) is 9.55 Å². The molecule has 0 aromatic carbocycles. The first-order chi connectivity index (χ1) is 7.38. The second-order valence-corrected chi connectivity index (χ2v) is 4.20. The molecule has 2 nitrogen and oxygen atoms in total. The zero-order valence-electron chi connectivity index (χ0n) is 10.2. The van der Waals surface area contributed by atoms with Crippen LogP contribution in [0.25, 0.3) is 0 Å². The third-order valence-electron chi connectivity index (χ3n) is 2.78. The zero-order valence-corrected chi connectivity index (χ0v) is 10.2. The summed E-state index contributed by atoms with van der Waals surface area (Å²) in [7, 11) is 0. The van der Waals surface area contributed by atoms with Crippen molar-refractivity contribution >= 4 is 0 Å². The summed E-state index contributed by atoms with van der Waals surface area (Å²) in [6.45, 7) is 5.62. The van der Waals surface area contributed by atoms with Crippen LogP contribution in [0.15, 0.2) is 12.4 Å². The standard InChI is InChI=1S/C13H24N2/c1-3-5-6-7-8-11-15-12-10-14-13(15)9-4-2/h10,12H,3-9,11H2,1-2H3. The van der Waals surface area contributed by atoms with Crippen LogP contribution >= 0.6 is 0 Å². The molecular weight excluding hydrogens is 184 g/mol. The fourth-order valence-corrected chi connectivity index (χ4v) is 1.88. The third-order valence-corrected chi connectivity index (χ3v) is 2.78. The summed E-state index contributed by atoms with van der Waals surface area (Å²) in [4.78, 5) is 4.38. The van der Waals surface area contributed by atoms with E-state index in [0.717, 1.165) is 13.0 Å². The predicted molar refractivity (Wildman–Crippen MR) is 65.0 cm³/mol. The van der Waals surface area contributed by atoms with Gasteiger partial charge in [-0.3, -0.25) is 0 Å². The first-order valence-corrected chi connectivity index (χ1v) is 6.38. The first kappa shape index (κ1) is 12.3. The lowest BCUT2D eigenvalue weighted by Gasteiger charge is -2.06. The predicted octanol–water partition coefficient (Wildman–Crippen LogP) is 3.81. The molecule has 0 N–H and O–H groups in total. The molecule has 1 aromatic rings. The molecule has 1 heterocycles. The molecule has 0 saturated carbocycles. The number of imidazole rings is 1. The molecule has 1 rings (SSSR count). The van der Waals surface area contributed by atoms with Gasteiger partial charge >= 0.3 is 0 Å². The molecule has 0 atom stereocenters. The van der Waals surface area contributed by atoms with Crippen molar-refractivity contribution in [2.75, 3.05) is 0 Å². The smallest absolute Gasteiger partial charge is 0.108 e. The van der Waals surface area contributed by atoms with E-state index in [4.69, 9.17) is 0 Å². The van der Waals surface area contributed by atoms with Crippen LogP contribution in [0.4, 0.5) is 0 Å². The van der Waals surface area contributed by atoms with Gasteiger partial charge in [-0.25, -0.2) is 4.98 Å². The molecule has 0 aliphatic heterocycles. The van der Waals surface area contributed by atoms with Crippen molar-refractivity contribution in [2.45, 2.75) is 65.3 Å². The average Bonchev–Trinajstić information content (AvgIpc) is 2.66. The van der Waals surface area contributed by atoms with Gasteiger partial charge in [0.25, 0.3) is 0 Å².